The highest BCUT2D eigenvalue weighted by Crippen LogP contribution is 2.47. The third kappa shape index (κ3) is 1.46. The van der Waals surface area contributed by atoms with Crippen LogP contribution in [-0.4, -0.2) is 10.5 Å². The fourth-order valence-electron chi connectivity index (χ4n) is 1.84. The summed E-state index contributed by atoms with van der Waals surface area (Å²) in [5.41, 5.74) is 2.12. The molecule has 1 aromatic heterocycles. The van der Waals surface area contributed by atoms with Gasteiger partial charge in [0, 0.05) is 17.4 Å². The smallest absolute Gasteiger partial charge is 0.135 e. The second kappa shape index (κ2) is 3.42. The third-order valence-corrected chi connectivity index (χ3v) is 5.88. The lowest BCUT2D eigenvalue weighted by atomic mass is 10.1. The predicted molar refractivity (Wildman–Crippen MR) is 71.9 cm³/mol. The van der Waals surface area contributed by atoms with Crippen LogP contribution in [0.3, 0.4) is 0 Å². The van der Waals surface area contributed by atoms with Crippen molar-refractivity contribution in [1.82, 2.24) is 0 Å². The number of thiophene rings is 1. The molecule has 0 amide bonds. The Bertz CT molecular complexity index is 696. The van der Waals surface area contributed by atoms with Gasteiger partial charge in [0.2, 0.25) is 0 Å². The summed E-state index contributed by atoms with van der Waals surface area (Å²) in [7, 11) is -2.28. The first-order chi connectivity index (χ1) is 7.58. The molecule has 1 aromatic carbocycles. The van der Waals surface area contributed by atoms with E-state index in [1.165, 1.54) is 11.3 Å². The highest BCUT2D eigenvalue weighted by molar-refractivity contribution is 9.11. The number of halogens is 1. The molecule has 1 aliphatic rings. The Kier molecular flexibility index (Phi) is 2.24. The first kappa shape index (κ1) is 10.5. The van der Waals surface area contributed by atoms with E-state index >= 15 is 0 Å². The van der Waals surface area contributed by atoms with E-state index in [4.69, 9.17) is 0 Å². The maximum absolute atomic E-state index is 12.4. The lowest BCUT2D eigenvalue weighted by Gasteiger charge is -2.15. The average Bonchev–Trinajstić information content (AvgIpc) is 2.58. The van der Waals surface area contributed by atoms with E-state index < -0.39 is 9.73 Å². The van der Waals surface area contributed by atoms with Gasteiger partial charge in [-0.25, -0.2) is 4.21 Å². The zero-order valence-electron chi connectivity index (χ0n) is 8.44. The molecule has 0 bridgehead atoms. The van der Waals surface area contributed by atoms with Gasteiger partial charge in [0.05, 0.1) is 18.4 Å². The number of nitrogens with zero attached hydrogens (tertiary/aromatic N) is 1. The number of rotatable bonds is 0. The van der Waals surface area contributed by atoms with Crippen LogP contribution in [0.2, 0.25) is 0 Å². The Morgan fingerprint density at radius 1 is 1.31 bits per heavy atom. The van der Waals surface area contributed by atoms with Crippen LogP contribution in [0.1, 0.15) is 0 Å². The van der Waals surface area contributed by atoms with Crippen molar-refractivity contribution in [2.45, 2.75) is 4.90 Å². The summed E-state index contributed by atoms with van der Waals surface area (Å²) >= 11 is 4.97. The maximum Gasteiger partial charge on any atom is 0.135 e. The van der Waals surface area contributed by atoms with E-state index in [2.05, 4.69) is 20.3 Å². The van der Waals surface area contributed by atoms with Gasteiger partial charge < -0.3 is 0 Å². The molecule has 5 heteroatoms. The zero-order valence-corrected chi connectivity index (χ0v) is 11.7. The van der Waals surface area contributed by atoms with Crippen molar-refractivity contribution in [3.05, 3.63) is 34.1 Å². The molecule has 1 atom stereocenters. The predicted octanol–water partition coefficient (Wildman–Crippen LogP) is 4.28. The third-order valence-electron chi connectivity index (χ3n) is 2.52. The van der Waals surface area contributed by atoms with Gasteiger partial charge in [-0.3, -0.25) is 0 Å². The van der Waals surface area contributed by atoms with Crippen LogP contribution in [0.4, 0.5) is 5.00 Å². The lowest BCUT2D eigenvalue weighted by Crippen LogP contribution is -2.02. The van der Waals surface area contributed by atoms with E-state index in [1.54, 1.807) is 6.26 Å². The second-order valence-electron chi connectivity index (χ2n) is 3.66. The standard InChI is InChI=1S/C11H8BrNOS2/c1-16(14)9-5-3-2-4-7(9)8-6-10(12)15-11(8)13-16/h2-6H,1H3. The van der Waals surface area contributed by atoms with Gasteiger partial charge in [0.25, 0.3) is 0 Å². The SMILES string of the molecule is CS1(=O)=Nc2sc(Br)cc2-c2ccccc21. The molecular weight excluding hydrogens is 306 g/mol. The van der Waals surface area contributed by atoms with Crippen LogP contribution in [-0.2, 0) is 9.73 Å². The molecule has 2 heterocycles. The molecule has 2 nitrogen and oxygen atoms in total. The Morgan fingerprint density at radius 3 is 2.88 bits per heavy atom. The van der Waals surface area contributed by atoms with Crippen molar-refractivity contribution >= 4 is 42.0 Å². The Labute approximate surface area is 107 Å². The van der Waals surface area contributed by atoms with Gasteiger partial charge >= 0.3 is 0 Å². The summed E-state index contributed by atoms with van der Waals surface area (Å²) in [5.74, 6) is 0. The van der Waals surface area contributed by atoms with Gasteiger partial charge in [-0.1, -0.05) is 18.2 Å². The maximum atomic E-state index is 12.4. The van der Waals surface area contributed by atoms with Gasteiger partial charge in [0.1, 0.15) is 5.00 Å². The molecule has 0 spiro atoms. The van der Waals surface area contributed by atoms with Crippen LogP contribution in [0, 0.1) is 0 Å². The molecule has 3 rings (SSSR count). The largest absolute Gasteiger partial charge is 0.245 e. The molecule has 16 heavy (non-hydrogen) atoms. The van der Waals surface area contributed by atoms with Crippen LogP contribution < -0.4 is 0 Å². The summed E-state index contributed by atoms with van der Waals surface area (Å²) in [6.07, 6.45) is 1.70. The van der Waals surface area contributed by atoms with Crippen LogP contribution in [0.15, 0.2) is 43.4 Å². The first-order valence-corrected chi connectivity index (χ1v) is 8.22. The highest BCUT2D eigenvalue weighted by Gasteiger charge is 2.22. The minimum atomic E-state index is -2.28. The molecule has 0 fully saturated rings. The molecule has 1 aliphatic heterocycles. The second-order valence-corrected chi connectivity index (χ2v) is 8.30. The summed E-state index contributed by atoms with van der Waals surface area (Å²) in [6, 6.07) is 9.82. The Balaban J connectivity index is 2.49. The molecule has 82 valence electrons. The molecular formula is C11H8BrNOS2. The van der Waals surface area contributed by atoms with Gasteiger partial charge in [-0.15, -0.1) is 11.3 Å². The number of fused-ring (bicyclic) bond motifs is 3. The van der Waals surface area contributed by atoms with Crippen molar-refractivity contribution < 1.29 is 4.21 Å². The average molecular weight is 314 g/mol. The minimum absolute atomic E-state index is 0.841. The van der Waals surface area contributed by atoms with Gasteiger partial charge in [-0.2, -0.15) is 4.36 Å². The van der Waals surface area contributed by atoms with Crippen LogP contribution in [0.25, 0.3) is 11.1 Å². The first-order valence-electron chi connectivity index (χ1n) is 4.69. The monoisotopic (exact) mass is 313 g/mol. The van der Waals surface area contributed by atoms with Crippen molar-refractivity contribution in [2.75, 3.05) is 6.26 Å². The van der Waals surface area contributed by atoms with Crippen LogP contribution >= 0.6 is 27.3 Å². The van der Waals surface area contributed by atoms with Crippen molar-refractivity contribution in [3.8, 4) is 11.1 Å². The molecule has 0 N–H and O–H groups in total. The van der Waals surface area contributed by atoms with E-state index in [-0.39, 0.29) is 0 Å². The quantitative estimate of drug-likeness (QED) is 0.713. The van der Waals surface area contributed by atoms with E-state index in [0.717, 1.165) is 24.8 Å². The highest BCUT2D eigenvalue weighted by atomic mass is 79.9. The van der Waals surface area contributed by atoms with E-state index in [1.807, 2.05) is 30.3 Å². The van der Waals surface area contributed by atoms with Crippen molar-refractivity contribution in [1.29, 1.82) is 0 Å². The fourth-order valence-corrected chi connectivity index (χ4v) is 5.17. The van der Waals surface area contributed by atoms with Crippen LogP contribution in [0.5, 0.6) is 0 Å². The van der Waals surface area contributed by atoms with Gasteiger partial charge in [-0.05, 0) is 28.1 Å². The molecule has 0 radical (unpaired) electrons. The summed E-state index contributed by atoms with van der Waals surface area (Å²) < 4.78 is 17.8. The summed E-state index contributed by atoms with van der Waals surface area (Å²) in [6.45, 7) is 0. The van der Waals surface area contributed by atoms with Gasteiger partial charge in [0.15, 0.2) is 0 Å². The van der Waals surface area contributed by atoms with E-state index in [0.29, 0.717) is 0 Å². The molecule has 2 aromatic rings. The molecule has 0 aliphatic carbocycles. The number of hydrogen-bond donors (Lipinski definition) is 0. The molecule has 1 unspecified atom stereocenters. The zero-order chi connectivity index (χ0) is 11.3. The number of hydrogen-bond acceptors (Lipinski definition) is 3. The van der Waals surface area contributed by atoms with Crippen molar-refractivity contribution in [3.63, 3.8) is 0 Å². The summed E-state index contributed by atoms with van der Waals surface area (Å²) in [5, 5.41) is 0.859. The summed E-state index contributed by atoms with van der Waals surface area (Å²) in [4.78, 5) is 0.841. The topological polar surface area (TPSA) is 29.4 Å². The van der Waals surface area contributed by atoms with E-state index in [9.17, 15) is 4.21 Å². The minimum Gasteiger partial charge on any atom is -0.245 e. The lowest BCUT2D eigenvalue weighted by molar-refractivity contribution is 0.680. The Hall–Kier alpha value is -0.650. The normalized spacial score (nSPS) is 22.1. The van der Waals surface area contributed by atoms with Crippen molar-refractivity contribution in [2.24, 2.45) is 4.36 Å². The Morgan fingerprint density at radius 2 is 2.06 bits per heavy atom. The fraction of sp³-hybridized carbons (Fsp3) is 0.0909. The number of benzene rings is 1. The molecule has 0 saturated carbocycles. The molecule has 0 saturated heterocycles.